The maximum Gasteiger partial charge on any atom is 0.194 e. The van der Waals surface area contributed by atoms with Crippen molar-refractivity contribution in [3.05, 3.63) is 24.2 Å². The minimum atomic E-state index is 0. The van der Waals surface area contributed by atoms with Crippen LogP contribution in [0.15, 0.2) is 27.8 Å². The zero-order chi connectivity index (χ0) is 20.4. The summed E-state index contributed by atoms with van der Waals surface area (Å²) in [5, 5.41) is 3.58. The molecule has 1 atom stereocenters. The van der Waals surface area contributed by atoms with E-state index < -0.39 is 0 Å². The van der Waals surface area contributed by atoms with E-state index in [4.69, 9.17) is 18.9 Å². The first-order valence-electron chi connectivity index (χ1n) is 12.2. The van der Waals surface area contributed by atoms with Crippen LogP contribution >= 0.6 is 24.0 Å². The number of halogens is 1. The standard InChI is InChI=1S/C24H39N3O3.HI/c1-2-7-20(6-1)19-30-22-11-14-27(15-12-22)24(25-13-10-21-9-5-17-28-21)26-18-23-8-3-4-16-29-23;/h5,9,17,20,22-23H,1-4,6-8,10-16,18-19H2,(H,25,26);1H. The van der Waals surface area contributed by atoms with Crippen LogP contribution in [-0.2, 0) is 15.9 Å². The summed E-state index contributed by atoms with van der Waals surface area (Å²) in [7, 11) is 0. The van der Waals surface area contributed by atoms with Gasteiger partial charge in [0.25, 0.3) is 0 Å². The monoisotopic (exact) mass is 545 g/mol. The lowest BCUT2D eigenvalue weighted by Crippen LogP contribution is -2.48. The first-order valence-corrected chi connectivity index (χ1v) is 12.2. The molecule has 0 amide bonds. The van der Waals surface area contributed by atoms with E-state index >= 15 is 0 Å². The molecule has 1 saturated carbocycles. The summed E-state index contributed by atoms with van der Waals surface area (Å²) in [4.78, 5) is 7.36. The molecule has 176 valence electrons. The summed E-state index contributed by atoms with van der Waals surface area (Å²) in [6, 6.07) is 3.97. The van der Waals surface area contributed by atoms with Gasteiger partial charge in [-0.15, -0.1) is 24.0 Å². The number of ether oxygens (including phenoxy) is 2. The van der Waals surface area contributed by atoms with Crippen LogP contribution in [0, 0.1) is 5.92 Å². The Bertz CT molecular complexity index is 620. The van der Waals surface area contributed by atoms with Crippen LogP contribution in [0.3, 0.4) is 0 Å². The van der Waals surface area contributed by atoms with Crippen molar-refractivity contribution in [3.8, 4) is 0 Å². The summed E-state index contributed by atoms with van der Waals surface area (Å²) >= 11 is 0. The van der Waals surface area contributed by atoms with Gasteiger partial charge in [-0.2, -0.15) is 0 Å². The summed E-state index contributed by atoms with van der Waals surface area (Å²) in [5.74, 6) is 2.83. The molecule has 31 heavy (non-hydrogen) atoms. The van der Waals surface area contributed by atoms with Crippen molar-refractivity contribution < 1.29 is 13.9 Å². The average molecular weight is 546 g/mol. The number of hydrogen-bond acceptors (Lipinski definition) is 4. The molecule has 0 radical (unpaired) electrons. The second-order valence-electron chi connectivity index (χ2n) is 9.08. The fraction of sp³-hybridized carbons (Fsp3) is 0.792. The molecule has 0 spiro atoms. The SMILES string of the molecule is I.c1coc(CCNC(=NCC2CCCCO2)N2CCC(OCC3CCCC3)CC2)c1. The second-order valence-corrected chi connectivity index (χ2v) is 9.08. The average Bonchev–Trinajstić information content (AvgIpc) is 3.50. The van der Waals surface area contributed by atoms with Gasteiger partial charge < -0.3 is 24.1 Å². The Morgan fingerprint density at radius 3 is 2.61 bits per heavy atom. The van der Waals surface area contributed by atoms with Gasteiger partial charge in [0.05, 0.1) is 25.0 Å². The maximum atomic E-state index is 6.26. The molecular weight excluding hydrogens is 505 g/mol. The minimum absolute atomic E-state index is 0. The first-order chi connectivity index (χ1) is 14.9. The number of piperidine rings is 1. The highest BCUT2D eigenvalue weighted by Gasteiger charge is 2.24. The molecule has 1 N–H and O–H groups in total. The highest BCUT2D eigenvalue weighted by molar-refractivity contribution is 14.0. The van der Waals surface area contributed by atoms with Crippen molar-refractivity contribution in [3.63, 3.8) is 0 Å². The fourth-order valence-corrected chi connectivity index (χ4v) is 4.84. The van der Waals surface area contributed by atoms with Crippen LogP contribution in [0.1, 0.15) is 63.5 Å². The van der Waals surface area contributed by atoms with Crippen molar-refractivity contribution >= 4 is 29.9 Å². The third kappa shape index (κ3) is 8.24. The largest absolute Gasteiger partial charge is 0.469 e. The third-order valence-corrected chi connectivity index (χ3v) is 6.74. The summed E-state index contributed by atoms with van der Waals surface area (Å²) in [5.41, 5.74) is 0. The molecule has 4 rings (SSSR count). The van der Waals surface area contributed by atoms with Crippen molar-refractivity contribution in [2.45, 2.75) is 76.4 Å². The molecule has 1 aromatic rings. The normalized spacial score (nSPS) is 23.7. The Balaban J connectivity index is 0.00000272. The number of furan rings is 1. The molecule has 2 saturated heterocycles. The van der Waals surface area contributed by atoms with E-state index in [0.29, 0.717) is 6.10 Å². The van der Waals surface area contributed by atoms with E-state index in [1.165, 1.54) is 38.5 Å². The summed E-state index contributed by atoms with van der Waals surface area (Å²) in [6.07, 6.45) is 14.5. The lowest BCUT2D eigenvalue weighted by molar-refractivity contribution is 0.000730. The van der Waals surface area contributed by atoms with Gasteiger partial charge >= 0.3 is 0 Å². The van der Waals surface area contributed by atoms with Gasteiger partial charge in [-0.25, -0.2) is 0 Å². The van der Waals surface area contributed by atoms with Gasteiger partial charge in [-0.1, -0.05) is 12.8 Å². The molecule has 2 aliphatic heterocycles. The van der Waals surface area contributed by atoms with Crippen LogP contribution in [0.4, 0.5) is 0 Å². The molecule has 3 aliphatic rings. The topological polar surface area (TPSA) is 59.2 Å². The minimum Gasteiger partial charge on any atom is -0.469 e. The summed E-state index contributed by atoms with van der Waals surface area (Å²) in [6.45, 7) is 5.44. The molecular formula is C24H40IN3O3. The fourth-order valence-electron chi connectivity index (χ4n) is 4.84. The molecule has 0 aromatic carbocycles. The van der Waals surface area contributed by atoms with Crippen molar-refractivity contribution in [1.29, 1.82) is 0 Å². The van der Waals surface area contributed by atoms with Crippen molar-refractivity contribution in [2.24, 2.45) is 10.9 Å². The van der Waals surface area contributed by atoms with Gasteiger partial charge in [-0.3, -0.25) is 4.99 Å². The lowest BCUT2D eigenvalue weighted by atomic mass is 10.1. The van der Waals surface area contributed by atoms with Crippen LogP contribution in [0.5, 0.6) is 0 Å². The van der Waals surface area contributed by atoms with Gasteiger partial charge in [0.1, 0.15) is 5.76 Å². The van der Waals surface area contributed by atoms with Gasteiger partial charge in [0.2, 0.25) is 0 Å². The van der Waals surface area contributed by atoms with Crippen molar-refractivity contribution in [2.75, 3.05) is 39.4 Å². The number of nitrogens with zero attached hydrogens (tertiary/aromatic N) is 2. The number of hydrogen-bond donors (Lipinski definition) is 1. The lowest BCUT2D eigenvalue weighted by Gasteiger charge is -2.35. The van der Waals surface area contributed by atoms with Gasteiger partial charge in [0, 0.05) is 39.3 Å². The Hall–Kier alpha value is -0.800. The maximum absolute atomic E-state index is 6.26. The highest BCUT2D eigenvalue weighted by atomic mass is 127. The van der Waals surface area contributed by atoms with Crippen molar-refractivity contribution in [1.82, 2.24) is 10.2 Å². The number of rotatable bonds is 8. The van der Waals surface area contributed by atoms with Gasteiger partial charge in [-0.05, 0) is 63.0 Å². The Kier molecular flexibility index (Phi) is 11.0. The summed E-state index contributed by atoms with van der Waals surface area (Å²) < 4.78 is 17.6. The number of guanidine groups is 1. The quantitative estimate of drug-likeness (QED) is 0.294. The Morgan fingerprint density at radius 2 is 1.90 bits per heavy atom. The van der Waals surface area contributed by atoms with Crippen LogP contribution in [-0.4, -0.2) is 62.5 Å². The zero-order valence-corrected chi connectivity index (χ0v) is 21.1. The molecule has 1 aromatic heterocycles. The second kappa shape index (κ2) is 13.7. The predicted octanol–water partition coefficient (Wildman–Crippen LogP) is 4.63. The van der Waals surface area contributed by atoms with E-state index in [0.717, 1.165) is 82.7 Å². The number of aliphatic imine (C=N–C) groups is 1. The molecule has 3 fully saturated rings. The van der Waals surface area contributed by atoms with E-state index in [2.05, 4.69) is 10.2 Å². The predicted molar refractivity (Wildman–Crippen MR) is 134 cm³/mol. The number of likely N-dealkylation sites (tertiary alicyclic amines) is 1. The number of nitrogens with one attached hydrogen (secondary N) is 1. The molecule has 0 bridgehead atoms. The van der Waals surface area contributed by atoms with E-state index in [9.17, 15) is 0 Å². The van der Waals surface area contributed by atoms with Crippen LogP contribution in [0.25, 0.3) is 0 Å². The van der Waals surface area contributed by atoms with Gasteiger partial charge in [0.15, 0.2) is 5.96 Å². The molecule has 1 aliphatic carbocycles. The van der Waals surface area contributed by atoms with E-state index in [1.54, 1.807) is 6.26 Å². The highest BCUT2D eigenvalue weighted by Crippen LogP contribution is 2.26. The van der Waals surface area contributed by atoms with Crippen LogP contribution in [0.2, 0.25) is 0 Å². The Labute approximate surface area is 204 Å². The van der Waals surface area contributed by atoms with E-state index in [1.807, 2.05) is 12.1 Å². The smallest absolute Gasteiger partial charge is 0.194 e. The molecule has 1 unspecified atom stereocenters. The zero-order valence-electron chi connectivity index (χ0n) is 18.8. The van der Waals surface area contributed by atoms with E-state index in [-0.39, 0.29) is 30.1 Å². The Morgan fingerprint density at radius 1 is 1.10 bits per heavy atom. The third-order valence-electron chi connectivity index (χ3n) is 6.74. The first kappa shape index (κ1) is 24.8. The molecule has 6 nitrogen and oxygen atoms in total. The molecule has 7 heteroatoms. The van der Waals surface area contributed by atoms with Crippen LogP contribution < -0.4 is 5.32 Å². The molecule has 3 heterocycles.